The first-order valence-corrected chi connectivity index (χ1v) is 3.06. The topological polar surface area (TPSA) is 74.6 Å². The van der Waals surface area contributed by atoms with Crippen molar-refractivity contribution in [1.82, 2.24) is 0 Å². The Morgan fingerprint density at radius 1 is 0.857 bits per heavy atom. The van der Waals surface area contributed by atoms with E-state index in [1.54, 1.807) is 0 Å². The van der Waals surface area contributed by atoms with Gasteiger partial charge in [-0.15, -0.1) is 24.8 Å². The fourth-order valence-corrected chi connectivity index (χ4v) is 0. The molecule has 0 spiro atoms. The Kier molecular flexibility index (Phi) is 19.8. The van der Waals surface area contributed by atoms with Gasteiger partial charge in [-0.3, -0.25) is 0 Å². The Bertz CT molecular complexity index is 175. The smallest absolute Gasteiger partial charge is 0.330 e. The van der Waals surface area contributed by atoms with Gasteiger partial charge in [0.25, 0.3) is 0 Å². The third-order valence-electron chi connectivity index (χ3n) is 0.730. The molecular formula is C8H14Cl2O4. The highest BCUT2D eigenvalue weighted by Crippen LogP contribution is 1.81. The summed E-state index contributed by atoms with van der Waals surface area (Å²) in [6, 6.07) is 0. The van der Waals surface area contributed by atoms with Crippen molar-refractivity contribution in [3.05, 3.63) is 24.3 Å². The second-order valence-corrected chi connectivity index (χ2v) is 2.17. The van der Waals surface area contributed by atoms with Crippen LogP contribution in [0.4, 0.5) is 0 Å². The zero-order valence-corrected chi connectivity index (χ0v) is 9.57. The lowest BCUT2D eigenvalue weighted by Gasteiger charge is -1.79. The number of carboxylic acid groups (broad SMARTS) is 2. The van der Waals surface area contributed by atoms with Crippen molar-refractivity contribution in [2.75, 3.05) is 0 Å². The summed E-state index contributed by atoms with van der Waals surface area (Å²) in [7, 11) is 0. The molecule has 0 amide bonds. The predicted octanol–water partition coefficient (Wildman–Crippen LogP) is 2.14. The molecule has 0 aliphatic carbocycles. The van der Waals surface area contributed by atoms with Crippen molar-refractivity contribution in [3.63, 3.8) is 0 Å². The van der Waals surface area contributed by atoms with Gasteiger partial charge in [0.05, 0.1) is 0 Å². The van der Waals surface area contributed by atoms with E-state index in [4.69, 9.17) is 10.2 Å². The highest BCUT2D eigenvalue weighted by Gasteiger charge is 1.90. The number of rotatable bonds is 2. The average molecular weight is 245 g/mol. The molecule has 84 valence electrons. The first-order valence-electron chi connectivity index (χ1n) is 3.06. The molecule has 0 atom stereocenters. The van der Waals surface area contributed by atoms with Crippen molar-refractivity contribution in [1.29, 1.82) is 0 Å². The van der Waals surface area contributed by atoms with Gasteiger partial charge in [-0.1, -0.05) is 13.2 Å². The van der Waals surface area contributed by atoms with Crippen molar-refractivity contribution < 1.29 is 19.8 Å². The van der Waals surface area contributed by atoms with Crippen LogP contribution < -0.4 is 0 Å². The molecule has 0 radical (unpaired) electrons. The maximum Gasteiger partial charge on any atom is 0.330 e. The van der Waals surface area contributed by atoms with Crippen molar-refractivity contribution in [3.8, 4) is 0 Å². The molecule has 0 fully saturated rings. The van der Waals surface area contributed by atoms with Crippen LogP contribution in [-0.4, -0.2) is 22.2 Å². The van der Waals surface area contributed by atoms with E-state index in [1.807, 2.05) is 0 Å². The molecule has 0 aromatic heterocycles. The molecular weight excluding hydrogens is 231 g/mol. The highest BCUT2D eigenvalue weighted by molar-refractivity contribution is 5.86. The van der Waals surface area contributed by atoms with E-state index < -0.39 is 11.9 Å². The van der Waals surface area contributed by atoms with E-state index in [1.165, 1.54) is 13.8 Å². The van der Waals surface area contributed by atoms with Crippen LogP contribution in [0.1, 0.15) is 13.8 Å². The molecule has 0 aliphatic rings. The van der Waals surface area contributed by atoms with E-state index >= 15 is 0 Å². The minimum absolute atomic E-state index is 0. The summed E-state index contributed by atoms with van der Waals surface area (Å²) >= 11 is 0. The summed E-state index contributed by atoms with van der Waals surface area (Å²) in [5, 5.41) is 15.8. The van der Waals surface area contributed by atoms with Gasteiger partial charge in [0.15, 0.2) is 0 Å². The first kappa shape index (κ1) is 23.1. The second kappa shape index (κ2) is 12.0. The van der Waals surface area contributed by atoms with Crippen LogP contribution in [0.25, 0.3) is 0 Å². The molecule has 0 saturated carbocycles. The van der Waals surface area contributed by atoms with E-state index in [-0.39, 0.29) is 36.0 Å². The number of hydrogen-bond acceptors (Lipinski definition) is 2. The fraction of sp³-hybridized carbons (Fsp3) is 0.250. The maximum atomic E-state index is 9.60. The lowest BCUT2D eigenvalue weighted by atomic mass is 10.4. The predicted molar refractivity (Wildman–Crippen MR) is 59.4 cm³/mol. The van der Waals surface area contributed by atoms with Gasteiger partial charge in [0, 0.05) is 11.1 Å². The Labute approximate surface area is 95.1 Å². The van der Waals surface area contributed by atoms with Crippen LogP contribution in [0.3, 0.4) is 0 Å². The zero-order chi connectivity index (χ0) is 10.3. The second-order valence-electron chi connectivity index (χ2n) is 2.17. The average Bonchev–Trinajstić information content (AvgIpc) is 1.88. The maximum absolute atomic E-state index is 9.60. The van der Waals surface area contributed by atoms with Crippen molar-refractivity contribution in [2.45, 2.75) is 13.8 Å². The van der Waals surface area contributed by atoms with Gasteiger partial charge in [-0.05, 0) is 13.8 Å². The van der Waals surface area contributed by atoms with Crippen LogP contribution in [-0.2, 0) is 9.59 Å². The summed E-state index contributed by atoms with van der Waals surface area (Å²) in [6.07, 6.45) is 0. The Balaban J connectivity index is -0.0000000625. The molecule has 0 aromatic carbocycles. The van der Waals surface area contributed by atoms with Gasteiger partial charge in [-0.2, -0.15) is 0 Å². The van der Waals surface area contributed by atoms with Gasteiger partial charge in [0.1, 0.15) is 0 Å². The highest BCUT2D eigenvalue weighted by atomic mass is 35.5. The minimum Gasteiger partial charge on any atom is -0.478 e. The summed E-state index contributed by atoms with van der Waals surface area (Å²) in [5.41, 5.74) is 0.352. The van der Waals surface area contributed by atoms with Gasteiger partial charge in [-0.25, -0.2) is 9.59 Å². The lowest BCUT2D eigenvalue weighted by Crippen LogP contribution is -1.92. The van der Waals surface area contributed by atoms with Crippen LogP contribution in [0, 0.1) is 0 Å². The normalized spacial score (nSPS) is 6.43. The third kappa shape index (κ3) is 22.4. The number of carbonyl (C=O) groups is 2. The molecule has 14 heavy (non-hydrogen) atoms. The zero-order valence-electron chi connectivity index (χ0n) is 7.94. The molecule has 4 nitrogen and oxygen atoms in total. The standard InChI is InChI=1S/2C4H6O2.2ClH/c2*1-3(2)4(5)6;;/h2*1H2,2H3,(H,5,6);2*1H. The quantitative estimate of drug-likeness (QED) is 0.731. The Hall–Kier alpha value is -1.00. The molecule has 2 N–H and O–H groups in total. The number of hydrogen-bond donors (Lipinski definition) is 2. The monoisotopic (exact) mass is 244 g/mol. The fourth-order valence-electron chi connectivity index (χ4n) is 0. The summed E-state index contributed by atoms with van der Waals surface area (Å²) in [4.78, 5) is 19.2. The Morgan fingerprint density at radius 3 is 0.929 bits per heavy atom. The van der Waals surface area contributed by atoms with E-state index in [2.05, 4.69) is 13.2 Å². The third-order valence-corrected chi connectivity index (χ3v) is 0.730. The summed E-state index contributed by atoms with van der Waals surface area (Å²) in [6.45, 7) is 9.20. The molecule has 0 saturated heterocycles. The molecule has 0 rings (SSSR count). The summed E-state index contributed by atoms with van der Waals surface area (Å²) in [5.74, 6) is -1.87. The van der Waals surface area contributed by atoms with Crippen molar-refractivity contribution >= 4 is 36.8 Å². The number of halogens is 2. The van der Waals surface area contributed by atoms with Crippen molar-refractivity contribution in [2.24, 2.45) is 0 Å². The van der Waals surface area contributed by atoms with Gasteiger partial charge < -0.3 is 10.2 Å². The molecule has 0 unspecified atom stereocenters. The first-order chi connectivity index (χ1) is 5.29. The largest absolute Gasteiger partial charge is 0.478 e. The molecule has 0 heterocycles. The SMILES string of the molecule is C=C(C)C(=O)O.C=C(C)C(=O)O.Cl.Cl. The minimum atomic E-state index is -0.935. The lowest BCUT2D eigenvalue weighted by molar-refractivity contribution is -0.133. The van der Waals surface area contributed by atoms with E-state index in [0.717, 1.165) is 0 Å². The number of aliphatic carboxylic acids is 2. The van der Waals surface area contributed by atoms with Crippen LogP contribution in [0.15, 0.2) is 24.3 Å². The van der Waals surface area contributed by atoms with Gasteiger partial charge in [0.2, 0.25) is 0 Å². The van der Waals surface area contributed by atoms with Crippen LogP contribution >= 0.6 is 24.8 Å². The molecule has 6 heteroatoms. The number of carboxylic acids is 2. The van der Waals surface area contributed by atoms with Gasteiger partial charge >= 0.3 is 11.9 Å². The Morgan fingerprint density at radius 2 is 0.929 bits per heavy atom. The van der Waals surface area contributed by atoms with Crippen LogP contribution in [0.5, 0.6) is 0 Å². The van der Waals surface area contributed by atoms with E-state index in [0.29, 0.717) is 0 Å². The van der Waals surface area contributed by atoms with E-state index in [9.17, 15) is 9.59 Å². The molecule has 0 bridgehead atoms. The molecule has 0 aromatic rings. The molecule has 0 aliphatic heterocycles. The summed E-state index contributed by atoms with van der Waals surface area (Å²) < 4.78 is 0. The van der Waals surface area contributed by atoms with Crippen LogP contribution in [0.2, 0.25) is 0 Å².